The predicted octanol–water partition coefficient (Wildman–Crippen LogP) is 1.71. The van der Waals surface area contributed by atoms with Crippen LogP contribution in [-0.4, -0.2) is 72.7 Å². The van der Waals surface area contributed by atoms with Crippen molar-refractivity contribution in [1.29, 1.82) is 0 Å². The highest BCUT2D eigenvalue weighted by Gasteiger charge is 2.68. The highest BCUT2D eigenvalue weighted by Crippen LogP contribution is 2.65. The number of amides is 2. The quantitative estimate of drug-likeness (QED) is 0.0546. The maximum atomic E-state index is 13.7. The largest absolute Gasteiger partial charge is 0.481 e. The SMILES string of the molecule is CC(C)C[C@H](NC(=O)[C@H](CCCN=C(N)N[N+](=O)[O-])NC(=O)C1CCCCN1)B1O[C@@H]2C[C@@H]3C[C@@H](C3(C)C)[C@]2(C)O1.Cl. The fourth-order valence-electron chi connectivity index (χ4n) is 7.34. The van der Waals surface area contributed by atoms with Gasteiger partial charge in [-0.1, -0.05) is 39.5 Å². The van der Waals surface area contributed by atoms with Crippen molar-refractivity contribution in [2.45, 2.75) is 116 Å². The van der Waals surface area contributed by atoms with E-state index in [0.29, 0.717) is 37.5 Å². The fourth-order valence-corrected chi connectivity index (χ4v) is 7.34. The van der Waals surface area contributed by atoms with E-state index >= 15 is 0 Å². The van der Waals surface area contributed by atoms with Crippen LogP contribution in [-0.2, 0) is 18.9 Å². The van der Waals surface area contributed by atoms with Gasteiger partial charge in [0.15, 0.2) is 5.03 Å². The standard InChI is InChI=1S/C27H48BN7O6.ClH/c1-16(2)13-22(28-40-21-15-17-14-20(26(17,3)4)27(21,5)41-28)33-24(37)19(10-8-12-31-25(29)34-35(38)39)32-23(36)18-9-6-7-11-30-18;/h16-22,30H,6-15H2,1-5H3,(H,32,36)(H,33,37)(H3,29,31,34);1H/t17-,18?,19-,20-,21+,22-,27-;/m0./s1. The predicted molar refractivity (Wildman–Crippen MR) is 162 cm³/mol. The number of nitro groups is 1. The first-order chi connectivity index (χ1) is 19.3. The van der Waals surface area contributed by atoms with Gasteiger partial charge in [0.1, 0.15) is 6.04 Å². The molecule has 5 aliphatic rings. The number of piperidine rings is 1. The molecular formula is C27H49BClN7O6. The van der Waals surface area contributed by atoms with E-state index in [1.807, 2.05) is 0 Å². The molecule has 5 rings (SSSR count). The third-order valence-electron chi connectivity index (χ3n) is 9.75. The molecule has 5 fully saturated rings. The van der Waals surface area contributed by atoms with Crippen LogP contribution in [0.2, 0.25) is 0 Å². The Morgan fingerprint density at radius 1 is 1.21 bits per heavy atom. The Hall–Kier alpha value is -2.16. The van der Waals surface area contributed by atoms with Gasteiger partial charge < -0.3 is 31.0 Å². The molecule has 0 aromatic rings. The van der Waals surface area contributed by atoms with Crippen molar-refractivity contribution < 1.29 is 23.9 Å². The van der Waals surface area contributed by atoms with E-state index in [9.17, 15) is 19.7 Å². The Bertz CT molecular complexity index is 1010. The molecule has 0 spiro atoms. The van der Waals surface area contributed by atoms with Crippen LogP contribution >= 0.6 is 12.4 Å². The van der Waals surface area contributed by atoms with E-state index in [2.05, 4.69) is 55.6 Å². The van der Waals surface area contributed by atoms with Crippen LogP contribution in [0.1, 0.15) is 86.0 Å². The molecule has 2 heterocycles. The second-order valence-electron chi connectivity index (χ2n) is 13.4. The van der Waals surface area contributed by atoms with Crippen molar-refractivity contribution in [3.63, 3.8) is 0 Å². The average Bonchev–Trinajstić information content (AvgIpc) is 3.26. The number of carbonyl (C=O) groups is 2. The van der Waals surface area contributed by atoms with Crippen LogP contribution in [0.4, 0.5) is 0 Å². The van der Waals surface area contributed by atoms with Crippen molar-refractivity contribution in [3.05, 3.63) is 10.1 Å². The molecule has 3 aliphatic carbocycles. The molecule has 0 aromatic carbocycles. The van der Waals surface area contributed by atoms with Crippen molar-refractivity contribution >= 4 is 37.3 Å². The third kappa shape index (κ3) is 7.67. The van der Waals surface area contributed by atoms with Gasteiger partial charge in [-0.2, -0.15) is 0 Å². The topological polar surface area (TPSA) is 182 Å². The lowest BCUT2D eigenvalue weighted by atomic mass is 9.43. The summed E-state index contributed by atoms with van der Waals surface area (Å²) in [6.45, 7) is 11.9. The normalized spacial score (nSPS) is 31.2. The Morgan fingerprint density at radius 2 is 1.95 bits per heavy atom. The number of nitrogens with zero attached hydrogens (tertiary/aromatic N) is 2. The maximum absolute atomic E-state index is 13.7. The average molecular weight is 614 g/mol. The van der Waals surface area contributed by atoms with Crippen molar-refractivity contribution in [1.82, 2.24) is 21.4 Å². The number of halogens is 1. The molecule has 0 radical (unpaired) electrons. The minimum Gasteiger partial charge on any atom is -0.404 e. The van der Waals surface area contributed by atoms with Gasteiger partial charge in [0, 0.05) is 6.54 Å². The zero-order valence-corrected chi connectivity index (χ0v) is 26.3. The Labute approximate surface area is 255 Å². The highest BCUT2D eigenvalue weighted by atomic mass is 35.5. The Balaban J connectivity index is 0.00000484. The summed E-state index contributed by atoms with van der Waals surface area (Å²) in [5.74, 6) is 0.0989. The van der Waals surface area contributed by atoms with E-state index in [1.54, 1.807) is 5.43 Å². The fraction of sp³-hybridized carbons (Fsp3) is 0.889. The Morgan fingerprint density at radius 3 is 2.57 bits per heavy atom. The summed E-state index contributed by atoms with van der Waals surface area (Å²) in [6.07, 6.45) is 6.12. The van der Waals surface area contributed by atoms with Gasteiger partial charge in [-0.3, -0.25) is 9.59 Å². The summed E-state index contributed by atoms with van der Waals surface area (Å²) in [5.41, 5.74) is 7.14. The van der Waals surface area contributed by atoms with Gasteiger partial charge in [0.05, 0.1) is 23.7 Å². The summed E-state index contributed by atoms with van der Waals surface area (Å²) in [5, 5.41) is 19.1. The van der Waals surface area contributed by atoms with Gasteiger partial charge >= 0.3 is 7.12 Å². The molecule has 238 valence electrons. The smallest absolute Gasteiger partial charge is 0.404 e. The third-order valence-corrected chi connectivity index (χ3v) is 9.75. The van der Waals surface area contributed by atoms with E-state index < -0.39 is 23.8 Å². The number of hydrogen-bond acceptors (Lipinski definition) is 8. The molecule has 42 heavy (non-hydrogen) atoms. The summed E-state index contributed by atoms with van der Waals surface area (Å²) < 4.78 is 13.2. The van der Waals surface area contributed by atoms with E-state index in [4.69, 9.17) is 15.0 Å². The monoisotopic (exact) mass is 613 g/mol. The van der Waals surface area contributed by atoms with Crippen molar-refractivity contribution in [2.24, 2.45) is 33.9 Å². The van der Waals surface area contributed by atoms with Gasteiger partial charge in [-0.25, -0.2) is 15.1 Å². The molecular weight excluding hydrogens is 565 g/mol. The summed E-state index contributed by atoms with van der Waals surface area (Å²) in [7, 11) is -0.569. The molecule has 2 aliphatic heterocycles. The minimum atomic E-state index is -0.813. The molecule has 15 heteroatoms. The number of aliphatic imine (C=N–C) groups is 1. The number of hydrazine groups is 1. The van der Waals surface area contributed by atoms with Crippen LogP contribution in [0.5, 0.6) is 0 Å². The summed E-state index contributed by atoms with van der Waals surface area (Å²) in [4.78, 5) is 41.3. The first kappa shape index (κ1) is 34.3. The molecule has 1 unspecified atom stereocenters. The molecule has 6 N–H and O–H groups in total. The Kier molecular flexibility index (Phi) is 11.5. The van der Waals surface area contributed by atoms with Crippen LogP contribution in [0.15, 0.2) is 4.99 Å². The van der Waals surface area contributed by atoms with Crippen LogP contribution in [0.3, 0.4) is 0 Å². The van der Waals surface area contributed by atoms with Gasteiger partial charge in [-0.15, -0.1) is 12.4 Å². The number of nitrogens with two attached hydrogens (primary N) is 1. The van der Waals surface area contributed by atoms with Crippen LogP contribution < -0.4 is 27.1 Å². The second-order valence-corrected chi connectivity index (χ2v) is 13.4. The number of hydrogen-bond donors (Lipinski definition) is 5. The number of guanidine groups is 1. The van der Waals surface area contributed by atoms with Crippen molar-refractivity contribution in [3.8, 4) is 0 Å². The first-order valence-electron chi connectivity index (χ1n) is 15.2. The van der Waals surface area contributed by atoms with Crippen LogP contribution in [0.25, 0.3) is 0 Å². The lowest BCUT2D eigenvalue weighted by molar-refractivity contribution is -0.525. The zero-order chi connectivity index (χ0) is 29.9. The van der Waals surface area contributed by atoms with E-state index in [-0.39, 0.29) is 66.1 Å². The molecule has 2 bridgehead atoms. The van der Waals surface area contributed by atoms with Gasteiger partial charge in [0.25, 0.3) is 5.96 Å². The van der Waals surface area contributed by atoms with E-state index in [0.717, 1.165) is 32.2 Å². The molecule has 2 saturated heterocycles. The number of carbonyl (C=O) groups excluding carboxylic acids is 2. The van der Waals surface area contributed by atoms with Crippen LogP contribution in [0, 0.1) is 33.3 Å². The maximum Gasteiger partial charge on any atom is 0.481 e. The molecule has 2 amide bonds. The zero-order valence-electron chi connectivity index (χ0n) is 25.5. The lowest BCUT2D eigenvalue weighted by Gasteiger charge is -2.64. The first-order valence-corrected chi connectivity index (χ1v) is 15.2. The summed E-state index contributed by atoms with van der Waals surface area (Å²) in [6, 6.07) is -1.16. The molecule has 7 atom stereocenters. The number of rotatable bonds is 12. The molecule has 3 saturated carbocycles. The van der Waals surface area contributed by atoms with E-state index in [1.165, 1.54) is 0 Å². The van der Waals surface area contributed by atoms with Gasteiger partial charge in [-0.05, 0) is 81.6 Å². The highest BCUT2D eigenvalue weighted by molar-refractivity contribution is 6.48. The molecule has 0 aromatic heterocycles. The van der Waals surface area contributed by atoms with Gasteiger partial charge in [0.2, 0.25) is 11.8 Å². The molecule has 13 nitrogen and oxygen atoms in total. The summed E-state index contributed by atoms with van der Waals surface area (Å²) >= 11 is 0. The minimum absolute atomic E-state index is 0. The lowest BCUT2D eigenvalue weighted by Crippen LogP contribution is -2.65. The van der Waals surface area contributed by atoms with Crippen molar-refractivity contribution in [2.75, 3.05) is 13.1 Å². The second kappa shape index (κ2) is 14.1. The number of nitrogens with one attached hydrogen (secondary N) is 4.